The number of allylic oxidation sites excluding steroid dienone is 4. The van der Waals surface area contributed by atoms with Gasteiger partial charge in [0.05, 0.1) is 13.2 Å². The maximum Gasteiger partial charge on any atom is 0.172 e. The Bertz CT molecular complexity index is 2070. The van der Waals surface area contributed by atoms with E-state index >= 15 is 0 Å². The van der Waals surface area contributed by atoms with E-state index in [2.05, 4.69) is 61.6 Å². The number of nitriles is 3. The molecule has 7 nitrogen and oxygen atoms in total. The zero-order valence-corrected chi connectivity index (χ0v) is 35.8. The van der Waals surface area contributed by atoms with Gasteiger partial charge in [0.2, 0.25) is 0 Å². The van der Waals surface area contributed by atoms with Crippen molar-refractivity contribution in [2.45, 2.75) is 115 Å². The molecule has 1 atom stereocenters. The summed E-state index contributed by atoms with van der Waals surface area (Å²) in [4.78, 5) is 4.20. The number of benzene rings is 2. The van der Waals surface area contributed by atoms with E-state index in [9.17, 15) is 26.0 Å². The molecule has 0 bridgehead atoms. The quantitative estimate of drug-likeness (QED) is 0.0623. The molecule has 5 rings (SSSR count). The molecule has 1 aliphatic heterocycles. The van der Waals surface area contributed by atoms with Gasteiger partial charge in [0.25, 0.3) is 0 Å². The van der Waals surface area contributed by atoms with Gasteiger partial charge >= 0.3 is 0 Å². The second-order valence-corrected chi connectivity index (χ2v) is 16.9. The summed E-state index contributed by atoms with van der Waals surface area (Å²) >= 11 is 1.70. The highest BCUT2D eigenvalue weighted by Crippen LogP contribution is 2.48. The number of hydrogen-bond acceptors (Lipinski definition) is 8. The molecule has 1 fully saturated rings. The molecule has 2 aliphatic rings. The predicted molar refractivity (Wildman–Crippen MR) is 242 cm³/mol. The van der Waals surface area contributed by atoms with Crippen molar-refractivity contribution < 1.29 is 14.9 Å². The first-order chi connectivity index (χ1) is 28.9. The molecule has 3 aromatic rings. The van der Waals surface area contributed by atoms with Crippen molar-refractivity contribution in [3.8, 4) is 18.2 Å². The van der Waals surface area contributed by atoms with E-state index in [1.165, 1.54) is 93.1 Å². The lowest BCUT2D eigenvalue weighted by atomic mass is 9.81. The van der Waals surface area contributed by atoms with Crippen LogP contribution in [-0.4, -0.2) is 36.5 Å². The molecule has 308 valence electrons. The van der Waals surface area contributed by atoms with Crippen LogP contribution >= 0.6 is 11.3 Å². The van der Waals surface area contributed by atoms with Gasteiger partial charge in [-0.3, -0.25) is 0 Å². The Balaban J connectivity index is 1.41. The Hall–Kier alpha value is -5.17. The van der Waals surface area contributed by atoms with E-state index in [0.717, 1.165) is 34.5 Å². The number of thiophene rings is 1. The van der Waals surface area contributed by atoms with E-state index < -0.39 is 5.60 Å². The van der Waals surface area contributed by atoms with Gasteiger partial charge in [-0.1, -0.05) is 132 Å². The lowest BCUT2D eigenvalue weighted by molar-refractivity contribution is 0.0755. The van der Waals surface area contributed by atoms with E-state index in [1.807, 2.05) is 66.5 Å². The first-order valence-corrected chi connectivity index (χ1v) is 22.4. The number of nitrogens with zero attached hydrogens (tertiary/aromatic N) is 4. The smallest absolute Gasteiger partial charge is 0.172 e. The second-order valence-electron chi connectivity index (χ2n) is 15.8. The molecule has 2 N–H and O–H groups in total. The van der Waals surface area contributed by atoms with E-state index in [4.69, 9.17) is 4.74 Å². The molecule has 8 heteroatoms. The minimum Gasteiger partial charge on any atom is -0.474 e. The SMILES string of the molecule is CCCCCCCCCCc1cc(/C=C/C2=C(C#N)C(=C(C#N)C#N)OC2(C)c2ccc(C3CCCCC3)cc2)sc1/C=C/C=C/c1ccc(N(CCO)CCO)cc1. The van der Waals surface area contributed by atoms with Crippen LogP contribution in [0.15, 0.2) is 95.3 Å². The van der Waals surface area contributed by atoms with Crippen LogP contribution in [0.4, 0.5) is 5.69 Å². The maximum atomic E-state index is 10.5. The first kappa shape index (κ1) is 44.9. The highest BCUT2D eigenvalue weighted by atomic mass is 32.1. The molecule has 59 heavy (non-hydrogen) atoms. The second kappa shape index (κ2) is 23.4. The zero-order chi connectivity index (χ0) is 41.9. The molecule has 0 saturated heterocycles. The monoisotopic (exact) mass is 808 g/mol. The van der Waals surface area contributed by atoms with E-state index in [-0.39, 0.29) is 30.1 Å². The number of aliphatic hydroxyl groups excluding tert-OH is 2. The van der Waals surface area contributed by atoms with Gasteiger partial charge in [0, 0.05) is 34.1 Å². The number of rotatable bonds is 21. The third kappa shape index (κ3) is 12.2. The highest BCUT2D eigenvalue weighted by Gasteiger charge is 2.44. The van der Waals surface area contributed by atoms with Gasteiger partial charge in [0.1, 0.15) is 23.8 Å². The third-order valence-electron chi connectivity index (χ3n) is 11.6. The minimum absolute atomic E-state index is 0.0266. The fourth-order valence-electron chi connectivity index (χ4n) is 8.27. The summed E-state index contributed by atoms with van der Waals surface area (Å²) in [5.41, 5.74) is 5.05. The van der Waals surface area contributed by atoms with Crippen molar-refractivity contribution >= 4 is 35.3 Å². The summed E-state index contributed by atoms with van der Waals surface area (Å²) in [7, 11) is 0. The van der Waals surface area contributed by atoms with Gasteiger partial charge in [0.15, 0.2) is 16.9 Å². The van der Waals surface area contributed by atoms with Gasteiger partial charge in [-0.15, -0.1) is 11.3 Å². The molecular formula is C51H60N4O3S. The molecule has 0 amide bonds. The standard InChI is InChI=1S/C51H60N4O3S/c1-3-4-5-6-7-8-9-11-19-42-35-46(59-49(42)20-15-14-16-39-21-27-45(28-22-39)55(31-33-56)32-34-57)29-30-48-47(38-54)50(43(36-52)37-53)58-51(48,2)44-25-23-41(24-26-44)40-17-12-10-13-18-40/h14-16,20-30,35,40,56-57H,3-13,17-19,31-34H2,1-2H3/b16-14+,20-15+,30-29+. The summed E-state index contributed by atoms with van der Waals surface area (Å²) < 4.78 is 6.50. The summed E-state index contributed by atoms with van der Waals surface area (Å²) in [6.07, 6.45) is 29.6. The fraction of sp³-hybridized carbons (Fsp3) is 0.431. The van der Waals surface area contributed by atoms with Crippen molar-refractivity contribution in [3.63, 3.8) is 0 Å². The van der Waals surface area contributed by atoms with Crippen molar-refractivity contribution in [1.29, 1.82) is 15.8 Å². The number of unbranched alkanes of at least 4 members (excludes halogenated alkanes) is 7. The summed E-state index contributed by atoms with van der Waals surface area (Å²) in [6.45, 7) is 5.17. The number of anilines is 1. The van der Waals surface area contributed by atoms with Crippen LogP contribution in [0.2, 0.25) is 0 Å². The first-order valence-electron chi connectivity index (χ1n) is 21.6. The normalized spacial score (nSPS) is 17.1. The minimum atomic E-state index is -1.07. The van der Waals surface area contributed by atoms with Crippen molar-refractivity contribution in [2.24, 2.45) is 0 Å². The predicted octanol–water partition coefficient (Wildman–Crippen LogP) is 12.1. The Morgan fingerprint density at radius 1 is 0.814 bits per heavy atom. The molecule has 0 radical (unpaired) electrons. The average Bonchev–Trinajstić information content (AvgIpc) is 3.80. The maximum absolute atomic E-state index is 10.5. The molecular weight excluding hydrogens is 749 g/mol. The number of hydrogen-bond donors (Lipinski definition) is 2. The largest absolute Gasteiger partial charge is 0.474 e. The molecule has 2 aromatic carbocycles. The van der Waals surface area contributed by atoms with Crippen LogP contribution in [0.5, 0.6) is 0 Å². The molecule has 2 heterocycles. The lowest BCUT2D eigenvalue weighted by Crippen LogP contribution is -2.29. The van der Waals surface area contributed by atoms with Gasteiger partial charge in [-0.05, 0) is 91.1 Å². The van der Waals surface area contributed by atoms with E-state index in [0.29, 0.717) is 24.6 Å². The number of ether oxygens (including phenoxy) is 1. The molecule has 1 unspecified atom stereocenters. The van der Waals surface area contributed by atoms with Gasteiger partial charge in [-0.25, -0.2) is 0 Å². The number of aliphatic hydroxyl groups is 2. The molecule has 1 aliphatic carbocycles. The summed E-state index contributed by atoms with van der Waals surface area (Å²) in [6, 6.07) is 25.0. The third-order valence-corrected chi connectivity index (χ3v) is 12.7. The number of aryl methyl sites for hydroxylation is 1. The van der Waals surface area contributed by atoms with Crippen LogP contribution in [0.25, 0.3) is 18.2 Å². The Kier molecular flexibility index (Phi) is 17.8. The summed E-state index contributed by atoms with van der Waals surface area (Å²) in [5.74, 6) is 0.588. The Morgan fingerprint density at radius 3 is 2.08 bits per heavy atom. The zero-order valence-electron chi connectivity index (χ0n) is 35.0. The topological polar surface area (TPSA) is 124 Å². The Morgan fingerprint density at radius 2 is 1.46 bits per heavy atom. The summed E-state index contributed by atoms with van der Waals surface area (Å²) in [5, 5.41) is 49.0. The average molecular weight is 809 g/mol. The molecule has 0 spiro atoms. The van der Waals surface area contributed by atoms with Crippen LogP contribution in [-0.2, 0) is 16.8 Å². The lowest BCUT2D eigenvalue weighted by Gasteiger charge is -2.28. The van der Waals surface area contributed by atoms with Crippen molar-refractivity contribution in [2.75, 3.05) is 31.2 Å². The van der Waals surface area contributed by atoms with E-state index in [1.54, 1.807) is 11.3 Å². The van der Waals surface area contributed by atoms with Crippen LogP contribution in [0.3, 0.4) is 0 Å². The van der Waals surface area contributed by atoms with Crippen molar-refractivity contribution in [1.82, 2.24) is 0 Å². The van der Waals surface area contributed by atoms with Crippen molar-refractivity contribution in [3.05, 3.63) is 127 Å². The Labute approximate surface area is 356 Å². The fourth-order valence-corrected chi connectivity index (χ4v) is 9.30. The highest BCUT2D eigenvalue weighted by molar-refractivity contribution is 7.14. The van der Waals surface area contributed by atoms with Crippen LogP contribution in [0, 0.1) is 34.0 Å². The molecule has 1 saturated carbocycles. The van der Waals surface area contributed by atoms with Gasteiger partial charge in [-0.2, -0.15) is 15.8 Å². The molecule has 1 aromatic heterocycles. The van der Waals surface area contributed by atoms with Crippen LogP contribution < -0.4 is 4.90 Å². The van der Waals surface area contributed by atoms with Crippen LogP contribution in [0.1, 0.15) is 135 Å². The van der Waals surface area contributed by atoms with Gasteiger partial charge < -0.3 is 19.8 Å².